The maximum absolute atomic E-state index is 11.1. The summed E-state index contributed by atoms with van der Waals surface area (Å²) in [6.45, 7) is 3.03. The minimum atomic E-state index is -1.10. The van der Waals surface area contributed by atoms with E-state index < -0.39 is 5.97 Å². The highest BCUT2D eigenvalue weighted by atomic mass is 16.4. The Kier molecular flexibility index (Phi) is 3.04. The van der Waals surface area contributed by atoms with Crippen LogP contribution in [0.5, 0.6) is 0 Å². The van der Waals surface area contributed by atoms with E-state index in [9.17, 15) is 4.79 Å². The van der Waals surface area contributed by atoms with Crippen LogP contribution in [0.15, 0.2) is 24.3 Å². The standard InChI is InChI=1S/C15H17N3O2/c1-2-15(7-8-15)9-16-12-10-5-3-4-6-11(10)17-13(18-12)14(19)20/h3-6H,2,7-9H2,1H3,(H,19,20)(H,16,17,18). The van der Waals surface area contributed by atoms with Crippen molar-refractivity contribution in [3.8, 4) is 0 Å². The molecule has 1 saturated carbocycles. The van der Waals surface area contributed by atoms with Crippen LogP contribution in [0.2, 0.25) is 0 Å². The Morgan fingerprint density at radius 2 is 2.10 bits per heavy atom. The fraction of sp³-hybridized carbons (Fsp3) is 0.400. The smallest absolute Gasteiger partial charge is 0.374 e. The molecule has 104 valence electrons. The number of carboxylic acid groups (broad SMARTS) is 1. The third kappa shape index (κ3) is 2.31. The van der Waals surface area contributed by atoms with Gasteiger partial charge in [-0.25, -0.2) is 14.8 Å². The van der Waals surface area contributed by atoms with E-state index >= 15 is 0 Å². The van der Waals surface area contributed by atoms with Gasteiger partial charge in [0.05, 0.1) is 5.52 Å². The number of benzene rings is 1. The van der Waals surface area contributed by atoms with Crippen molar-refractivity contribution in [1.82, 2.24) is 9.97 Å². The summed E-state index contributed by atoms with van der Waals surface area (Å²) in [5.41, 5.74) is 1.03. The predicted octanol–water partition coefficient (Wildman–Crippen LogP) is 2.93. The molecule has 2 N–H and O–H groups in total. The van der Waals surface area contributed by atoms with Crippen molar-refractivity contribution in [2.75, 3.05) is 11.9 Å². The molecule has 0 radical (unpaired) electrons. The van der Waals surface area contributed by atoms with Crippen molar-refractivity contribution in [3.63, 3.8) is 0 Å². The number of para-hydroxylation sites is 1. The molecule has 1 aliphatic rings. The molecular weight excluding hydrogens is 254 g/mol. The lowest BCUT2D eigenvalue weighted by atomic mass is 10.0. The van der Waals surface area contributed by atoms with Crippen LogP contribution >= 0.6 is 0 Å². The normalized spacial score (nSPS) is 16.1. The number of aromatic nitrogens is 2. The zero-order valence-corrected chi connectivity index (χ0v) is 11.4. The molecule has 0 aliphatic heterocycles. The second-order valence-electron chi connectivity index (χ2n) is 5.43. The van der Waals surface area contributed by atoms with E-state index in [-0.39, 0.29) is 5.82 Å². The third-order valence-electron chi connectivity index (χ3n) is 4.13. The largest absolute Gasteiger partial charge is 0.475 e. The molecule has 0 saturated heterocycles. The zero-order chi connectivity index (χ0) is 14.2. The highest BCUT2D eigenvalue weighted by molar-refractivity contribution is 5.93. The van der Waals surface area contributed by atoms with Crippen molar-refractivity contribution < 1.29 is 9.90 Å². The summed E-state index contributed by atoms with van der Waals surface area (Å²) in [6, 6.07) is 7.47. The minimum absolute atomic E-state index is 0.160. The van der Waals surface area contributed by atoms with Gasteiger partial charge in [-0.05, 0) is 36.8 Å². The van der Waals surface area contributed by atoms with Gasteiger partial charge in [-0.15, -0.1) is 0 Å². The molecule has 5 nitrogen and oxygen atoms in total. The summed E-state index contributed by atoms with van der Waals surface area (Å²) in [5, 5.41) is 13.3. The van der Waals surface area contributed by atoms with Gasteiger partial charge in [0, 0.05) is 11.9 Å². The first-order valence-corrected chi connectivity index (χ1v) is 6.87. The van der Waals surface area contributed by atoms with E-state index in [0.717, 1.165) is 18.4 Å². The molecule has 0 amide bonds. The summed E-state index contributed by atoms with van der Waals surface area (Å²) in [6.07, 6.45) is 3.59. The number of carbonyl (C=O) groups is 1. The maximum atomic E-state index is 11.1. The number of fused-ring (bicyclic) bond motifs is 1. The average molecular weight is 271 g/mol. The topological polar surface area (TPSA) is 75.1 Å². The van der Waals surface area contributed by atoms with E-state index in [2.05, 4.69) is 22.2 Å². The molecule has 1 aliphatic carbocycles. The van der Waals surface area contributed by atoms with Crippen LogP contribution in [0, 0.1) is 5.41 Å². The fourth-order valence-electron chi connectivity index (χ4n) is 2.41. The Balaban J connectivity index is 1.97. The van der Waals surface area contributed by atoms with Crippen LogP contribution in [0.1, 0.15) is 36.8 Å². The van der Waals surface area contributed by atoms with Crippen molar-refractivity contribution in [2.24, 2.45) is 5.41 Å². The molecule has 3 rings (SSSR count). The molecule has 1 fully saturated rings. The summed E-state index contributed by atoms with van der Waals surface area (Å²) in [4.78, 5) is 19.3. The first kappa shape index (κ1) is 12.8. The minimum Gasteiger partial charge on any atom is -0.475 e. The zero-order valence-electron chi connectivity index (χ0n) is 11.4. The quantitative estimate of drug-likeness (QED) is 0.874. The second-order valence-corrected chi connectivity index (χ2v) is 5.43. The molecule has 1 aromatic heterocycles. The number of hydrogen-bond acceptors (Lipinski definition) is 4. The van der Waals surface area contributed by atoms with Crippen molar-refractivity contribution in [1.29, 1.82) is 0 Å². The molecule has 0 unspecified atom stereocenters. The molecule has 5 heteroatoms. The lowest BCUT2D eigenvalue weighted by Gasteiger charge is -2.15. The van der Waals surface area contributed by atoms with Crippen LogP contribution in [0.4, 0.5) is 5.82 Å². The highest BCUT2D eigenvalue weighted by Crippen LogP contribution is 2.48. The van der Waals surface area contributed by atoms with Gasteiger partial charge in [0.2, 0.25) is 5.82 Å². The molecule has 0 bridgehead atoms. The van der Waals surface area contributed by atoms with Crippen LogP contribution in [-0.2, 0) is 0 Å². The Morgan fingerprint density at radius 3 is 2.75 bits per heavy atom. The van der Waals surface area contributed by atoms with Crippen LogP contribution in [-0.4, -0.2) is 27.6 Å². The molecule has 1 heterocycles. The van der Waals surface area contributed by atoms with Gasteiger partial charge < -0.3 is 10.4 Å². The first-order valence-electron chi connectivity index (χ1n) is 6.87. The average Bonchev–Trinajstić information content (AvgIpc) is 3.25. The Labute approximate surface area is 117 Å². The van der Waals surface area contributed by atoms with Crippen LogP contribution in [0.3, 0.4) is 0 Å². The number of nitrogens with zero attached hydrogens (tertiary/aromatic N) is 2. The van der Waals surface area contributed by atoms with E-state index in [4.69, 9.17) is 5.11 Å². The van der Waals surface area contributed by atoms with Gasteiger partial charge >= 0.3 is 5.97 Å². The number of aromatic carboxylic acids is 1. The monoisotopic (exact) mass is 271 g/mol. The molecule has 0 spiro atoms. The van der Waals surface area contributed by atoms with E-state index in [1.165, 1.54) is 12.8 Å². The Morgan fingerprint density at radius 1 is 1.35 bits per heavy atom. The third-order valence-corrected chi connectivity index (χ3v) is 4.13. The van der Waals surface area contributed by atoms with Gasteiger partial charge in [0.1, 0.15) is 5.82 Å². The van der Waals surface area contributed by atoms with Crippen LogP contribution < -0.4 is 5.32 Å². The Hall–Kier alpha value is -2.17. The van der Waals surface area contributed by atoms with Gasteiger partial charge in [0.25, 0.3) is 0 Å². The van der Waals surface area contributed by atoms with Crippen molar-refractivity contribution >= 4 is 22.7 Å². The molecule has 0 atom stereocenters. The highest BCUT2D eigenvalue weighted by Gasteiger charge is 2.40. The number of nitrogens with one attached hydrogen (secondary N) is 1. The van der Waals surface area contributed by atoms with E-state index in [1.807, 2.05) is 18.2 Å². The molecule has 20 heavy (non-hydrogen) atoms. The number of rotatable bonds is 5. The van der Waals surface area contributed by atoms with Gasteiger partial charge in [-0.1, -0.05) is 19.1 Å². The molecule has 1 aromatic carbocycles. The Bertz CT molecular complexity index is 665. The summed E-state index contributed by atoms with van der Waals surface area (Å²) < 4.78 is 0. The second kappa shape index (κ2) is 4.74. The van der Waals surface area contributed by atoms with Crippen molar-refractivity contribution in [2.45, 2.75) is 26.2 Å². The maximum Gasteiger partial charge on any atom is 0.374 e. The summed E-state index contributed by atoms with van der Waals surface area (Å²) >= 11 is 0. The van der Waals surface area contributed by atoms with Crippen molar-refractivity contribution in [3.05, 3.63) is 30.1 Å². The van der Waals surface area contributed by atoms with E-state index in [0.29, 0.717) is 16.7 Å². The van der Waals surface area contributed by atoms with Crippen LogP contribution in [0.25, 0.3) is 10.9 Å². The lowest BCUT2D eigenvalue weighted by Crippen LogP contribution is -2.17. The SMILES string of the molecule is CCC1(CNc2nc(C(=O)O)nc3ccccc23)CC1. The van der Waals surface area contributed by atoms with Gasteiger partial charge in [-0.2, -0.15) is 0 Å². The number of carboxylic acids is 1. The lowest BCUT2D eigenvalue weighted by molar-refractivity contribution is 0.0684. The first-order chi connectivity index (χ1) is 9.63. The predicted molar refractivity (Wildman–Crippen MR) is 76.9 cm³/mol. The molecular formula is C15H17N3O2. The van der Waals surface area contributed by atoms with Gasteiger partial charge in [-0.3, -0.25) is 0 Å². The summed E-state index contributed by atoms with van der Waals surface area (Å²) in [5.74, 6) is -0.643. The molecule has 2 aromatic rings. The number of hydrogen-bond donors (Lipinski definition) is 2. The van der Waals surface area contributed by atoms with E-state index in [1.54, 1.807) is 6.07 Å². The fourth-order valence-corrected chi connectivity index (χ4v) is 2.41. The number of anilines is 1. The summed E-state index contributed by atoms with van der Waals surface area (Å²) in [7, 11) is 0. The van der Waals surface area contributed by atoms with Gasteiger partial charge in [0.15, 0.2) is 0 Å².